The van der Waals surface area contributed by atoms with Gasteiger partial charge in [-0.3, -0.25) is 4.79 Å². The minimum atomic E-state index is -0.918. The summed E-state index contributed by atoms with van der Waals surface area (Å²) in [7, 11) is 2.89. The number of aromatic hydroxyl groups is 3. The number of carbonyl (C=O) groups is 1. The summed E-state index contributed by atoms with van der Waals surface area (Å²) in [5.41, 5.74) is 8.13. The van der Waals surface area contributed by atoms with Crippen LogP contribution in [-0.4, -0.2) is 53.1 Å². The van der Waals surface area contributed by atoms with E-state index < -0.39 is 17.4 Å². The lowest BCUT2D eigenvalue weighted by Gasteiger charge is -2.42. The highest BCUT2D eigenvalue weighted by Crippen LogP contribution is 2.53. The zero-order valence-electron chi connectivity index (χ0n) is 23.2. The Labute approximate surface area is 234 Å². The van der Waals surface area contributed by atoms with Gasteiger partial charge in [0.1, 0.15) is 5.78 Å². The summed E-state index contributed by atoms with van der Waals surface area (Å²) < 4.78 is 10.4. The number of carbonyl (C=O) groups excluding carboxylic acids is 1. The SMILES string of the molecule is COc1cc(CCC(O)C(C(=O)CCc2cc(O)c(O)c(OC)c2)C2(C3=CCNC(N)=C3)CCCC2)ccc1O. The molecule has 2 aromatic carbocycles. The zero-order chi connectivity index (χ0) is 28.9. The summed E-state index contributed by atoms with van der Waals surface area (Å²) in [4.78, 5) is 14.1. The van der Waals surface area contributed by atoms with Crippen LogP contribution in [0.4, 0.5) is 0 Å². The lowest BCUT2D eigenvalue weighted by atomic mass is 9.63. The molecule has 40 heavy (non-hydrogen) atoms. The number of methoxy groups -OCH3 is 2. The minimum absolute atomic E-state index is 0.0453. The van der Waals surface area contributed by atoms with Crippen molar-refractivity contribution in [3.63, 3.8) is 0 Å². The van der Waals surface area contributed by atoms with E-state index in [9.17, 15) is 25.2 Å². The van der Waals surface area contributed by atoms with Crippen LogP contribution >= 0.6 is 0 Å². The topological polar surface area (TPSA) is 154 Å². The van der Waals surface area contributed by atoms with Crippen molar-refractivity contribution in [2.24, 2.45) is 17.1 Å². The van der Waals surface area contributed by atoms with Gasteiger partial charge in [-0.1, -0.05) is 25.0 Å². The molecule has 2 unspecified atom stereocenters. The van der Waals surface area contributed by atoms with Crippen LogP contribution in [0.3, 0.4) is 0 Å². The van der Waals surface area contributed by atoms with Crippen LogP contribution in [0, 0.1) is 11.3 Å². The first kappa shape index (κ1) is 29.1. The second-order valence-corrected chi connectivity index (χ2v) is 10.7. The third-order valence-electron chi connectivity index (χ3n) is 8.30. The lowest BCUT2D eigenvalue weighted by molar-refractivity contribution is -0.131. The van der Waals surface area contributed by atoms with Crippen molar-refractivity contribution in [1.82, 2.24) is 5.32 Å². The number of phenolic OH excluding ortho intramolecular Hbond substituents is 3. The maximum absolute atomic E-state index is 14.1. The molecule has 1 aliphatic carbocycles. The Kier molecular flexibility index (Phi) is 9.14. The number of rotatable bonds is 12. The van der Waals surface area contributed by atoms with E-state index in [-0.39, 0.29) is 35.2 Å². The van der Waals surface area contributed by atoms with Crippen molar-refractivity contribution < 1.29 is 34.7 Å². The van der Waals surface area contributed by atoms with Crippen molar-refractivity contribution in [1.29, 1.82) is 0 Å². The molecule has 2 atom stereocenters. The van der Waals surface area contributed by atoms with Crippen LogP contribution in [0.25, 0.3) is 0 Å². The highest BCUT2D eigenvalue weighted by atomic mass is 16.5. The number of aliphatic hydroxyl groups excluding tert-OH is 1. The van der Waals surface area contributed by atoms with E-state index in [2.05, 4.69) is 11.4 Å². The van der Waals surface area contributed by atoms with Crippen LogP contribution in [0.2, 0.25) is 0 Å². The number of nitrogens with two attached hydrogens (primary N) is 1. The number of allylic oxidation sites excluding steroid dienone is 2. The first-order valence-electron chi connectivity index (χ1n) is 13.8. The quantitative estimate of drug-likeness (QED) is 0.216. The molecular formula is C31H40N2O7. The Morgan fingerprint density at radius 2 is 1.70 bits per heavy atom. The van der Waals surface area contributed by atoms with Gasteiger partial charge in [0.2, 0.25) is 5.75 Å². The van der Waals surface area contributed by atoms with Gasteiger partial charge in [-0.15, -0.1) is 0 Å². The van der Waals surface area contributed by atoms with Gasteiger partial charge in [-0.25, -0.2) is 0 Å². The van der Waals surface area contributed by atoms with E-state index in [0.717, 1.165) is 36.8 Å². The number of benzene rings is 2. The molecule has 1 saturated carbocycles. The van der Waals surface area contributed by atoms with Crippen molar-refractivity contribution >= 4 is 5.78 Å². The van der Waals surface area contributed by atoms with Gasteiger partial charge >= 0.3 is 0 Å². The van der Waals surface area contributed by atoms with Crippen molar-refractivity contribution in [2.75, 3.05) is 20.8 Å². The average Bonchev–Trinajstić information content (AvgIpc) is 3.44. The molecule has 9 heteroatoms. The molecule has 0 amide bonds. The molecule has 0 spiro atoms. The van der Waals surface area contributed by atoms with Crippen LogP contribution in [0.5, 0.6) is 28.7 Å². The molecular weight excluding hydrogens is 512 g/mol. The minimum Gasteiger partial charge on any atom is -0.504 e. The van der Waals surface area contributed by atoms with Gasteiger partial charge in [0.25, 0.3) is 0 Å². The highest BCUT2D eigenvalue weighted by Gasteiger charge is 2.49. The fourth-order valence-electron chi connectivity index (χ4n) is 6.31. The first-order valence-corrected chi connectivity index (χ1v) is 13.8. The molecule has 0 aromatic heterocycles. The van der Waals surface area contributed by atoms with Crippen LogP contribution in [0.15, 0.2) is 53.9 Å². The van der Waals surface area contributed by atoms with Gasteiger partial charge in [-0.2, -0.15) is 0 Å². The summed E-state index contributed by atoms with van der Waals surface area (Å²) >= 11 is 0. The molecule has 0 radical (unpaired) electrons. The number of hydrogen-bond donors (Lipinski definition) is 6. The number of hydrogen-bond acceptors (Lipinski definition) is 9. The van der Waals surface area contributed by atoms with Crippen LogP contribution in [-0.2, 0) is 17.6 Å². The van der Waals surface area contributed by atoms with Gasteiger partial charge in [0.15, 0.2) is 23.0 Å². The molecule has 2 aliphatic rings. The molecule has 1 aliphatic heterocycles. The van der Waals surface area contributed by atoms with Gasteiger partial charge in [0.05, 0.1) is 32.1 Å². The van der Waals surface area contributed by atoms with Crippen molar-refractivity contribution in [3.05, 3.63) is 65.0 Å². The van der Waals surface area contributed by atoms with Crippen LogP contribution in [0.1, 0.15) is 49.7 Å². The fraction of sp³-hybridized carbons (Fsp3) is 0.452. The normalized spacial score (nSPS) is 17.8. The number of ether oxygens (including phenoxy) is 2. The summed E-state index contributed by atoms with van der Waals surface area (Å²) in [5.74, 6) is -0.280. The summed E-state index contributed by atoms with van der Waals surface area (Å²) in [6.07, 6.45) is 7.82. The Balaban J connectivity index is 1.62. The largest absolute Gasteiger partial charge is 0.504 e. The van der Waals surface area contributed by atoms with Crippen molar-refractivity contribution in [3.8, 4) is 28.7 Å². The fourth-order valence-corrected chi connectivity index (χ4v) is 6.31. The number of dihydropyridines is 1. The molecule has 2 aromatic rings. The van der Waals surface area contributed by atoms with E-state index in [1.807, 2.05) is 6.08 Å². The monoisotopic (exact) mass is 552 g/mol. The summed E-state index contributed by atoms with van der Waals surface area (Å²) in [6.45, 7) is 0.566. The van der Waals surface area contributed by atoms with E-state index >= 15 is 0 Å². The lowest BCUT2D eigenvalue weighted by Crippen LogP contribution is -2.44. The number of aliphatic hydroxyl groups is 1. The molecule has 0 saturated heterocycles. The predicted octanol–water partition coefficient (Wildman–Crippen LogP) is 3.82. The average molecular weight is 553 g/mol. The molecule has 7 N–H and O–H groups in total. The summed E-state index contributed by atoms with van der Waals surface area (Å²) in [6, 6.07) is 8.13. The van der Waals surface area contributed by atoms with Crippen molar-refractivity contribution in [2.45, 2.75) is 57.5 Å². The van der Waals surface area contributed by atoms with E-state index in [4.69, 9.17) is 15.2 Å². The molecule has 9 nitrogen and oxygen atoms in total. The maximum atomic E-state index is 14.1. The molecule has 1 heterocycles. The molecule has 4 rings (SSSR count). The zero-order valence-corrected chi connectivity index (χ0v) is 23.2. The van der Waals surface area contributed by atoms with Gasteiger partial charge in [0, 0.05) is 18.4 Å². The third kappa shape index (κ3) is 6.14. The third-order valence-corrected chi connectivity index (χ3v) is 8.30. The number of Topliss-reactive ketones (excluding diaryl/α,β-unsaturated/α-hetero) is 1. The van der Waals surface area contributed by atoms with E-state index in [1.165, 1.54) is 20.3 Å². The molecule has 1 fully saturated rings. The smallest absolute Gasteiger partial charge is 0.200 e. The summed E-state index contributed by atoms with van der Waals surface area (Å²) in [5, 5.41) is 44.9. The predicted molar refractivity (Wildman–Crippen MR) is 151 cm³/mol. The molecule has 0 bridgehead atoms. The Hall–Kier alpha value is -3.85. The Morgan fingerprint density at radius 1 is 1.00 bits per heavy atom. The maximum Gasteiger partial charge on any atom is 0.200 e. The van der Waals surface area contributed by atoms with Gasteiger partial charge < -0.3 is 41.0 Å². The number of nitrogens with one attached hydrogen (secondary N) is 1. The first-order chi connectivity index (χ1) is 19.2. The number of phenols is 3. The van der Waals surface area contributed by atoms with E-state index in [1.54, 1.807) is 24.3 Å². The molecule has 216 valence electrons. The van der Waals surface area contributed by atoms with E-state index in [0.29, 0.717) is 42.9 Å². The second-order valence-electron chi connectivity index (χ2n) is 10.7. The van der Waals surface area contributed by atoms with Gasteiger partial charge in [-0.05, 0) is 79.1 Å². The standard InChI is InChI=1S/C31H40N2O7/c1-39-26-16-19(5-8-22(26)34)6-9-23(35)29(31(12-3-4-13-31)21-11-14-33-28(32)18-21)24(36)10-7-20-15-25(37)30(38)27(17-20)40-2/h5,8,11,15-18,23,29,33-35,37-38H,3-4,6-7,9-10,12-14,32H2,1-2H3. The highest BCUT2D eigenvalue weighted by molar-refractivity contribution is 5.83. The Morgan fingerprint density at radius 3 is 2.38 bits per heavy atom. The number of ketones is 1. The Bertz CT molecular complexity index is 1280. The van der Waals surface area contributed by atoms with Crippen LogP contribution < -0.4 is 20.5 Å². The second kappa shape index (κ2) is 12.6. The number of aryl methyl sites for hydroxylation is 2.